The average molecular weight is 450 g/mol. The lowest BCUT2D eigenvalue weighted by Crippen LogP contribution is -2.29. The molecule has 6 heteroatoms. The molecule has 0 aromatic heterocycles. The Bertz CT molecular complexity index is 802. The van der Waals surface area contributed by atoms with Crippen molar-refractivity contribution < 1.29 is 9.53 Å². The first-order valence-corrected chi connectivity index (χ1v) is 9.18. The number of ether oxygens (including phenoxy) is 1. The van der Waals surface area contributed by atoms with Crippen molar-refractivity contribution in [1.82, 2.24) is 5.32 Å². The van der Waals surface area contributed by atoms with Gasteiger partial charge < -0.3 is 10.1 Å². The Morgan fingerprint density at radius 1 is 1.17 bits per heavy atom. The maximum absolute atomic E-state index is 12.3. The summed E-state index contributed by atoms with van der Waals surface area (Å²) in [6.45, 7) is 0.569. The van der Waals surface area contributed by atoms with Crippen LogP contribution >= 0.6 is 34.4 Å². The molecule has 0 aliphatic carbocycles. The number of halogens is 1. The Labute approximate surface area is 158 Å². The zero-order chi connectivity index (χ0) is 16.9. The third kappa shape index (κ3) is 3.99. The zero-order valence-electron chi connectivity index (χ0n) is 13.0. The number of nitrogens with one attached hydrogen (secondary N) is 1. The molecule has 2 aromatic carbocycles. The molecule has 0 saturated carbocycles. The van der Waals surface area contributed by atoms with Crippen molar-refractivity contribution in [2.75, 3.05) is 13.7 Å². The fourth-order valence-electron chi connectivity index (χ4n) is 2.18. The number of methoxy groups -OCH3 is 1. The average Bonchev–Trinajstić information content (AvgIpc) is 2.64. The number of nitrogens with zero attached hydrogens (tertiary/aromatic N) is 1. The van der Waals surface area contributed by atoms with Crippen LogP contribution in [0.5, 0.6) is 5.75 Å². The number of aliphatic imine (C=N–C) groups is 1. The van der Waals surface area contributed by atoms with E-state index < -0.39 is 0 Å². The van der Waals surface area contributed by atoms with Crippen LogP contribution in [-0.4, -0.2) is 24.7 Å². The van der Waals surface area contributed by atoms with Crippen molar-refractivity contribution >= 4 is 50.3 Å². The third-order valence-electron chi connectivity index (χ3n) is 3.42. The minimum absolute atomic E-state index is 0.146. The highest BCUT2D eigenvalue weighted by Crippen LogP contribution is 2.37. The molecule has 122 valence electrons. The van der Waals surface area contributed by atoms with Crippen LogP contribution in [0.1, 0.15) is 15.9 Å². The van der Waals surface area contributed by atoms with E-state index in [1.807, 2.05) is 42.5 Å². The highest BCUT2D eigenvalue weighted by atomic mass is 127. The number of benzene rings is 2. The second-order valence-corrected chi connectivity index (χ2v) is 7.31. The van der Waals surface area contributed by atoms with Crippen molar-refractivity contribution in [3.8, 4) is 5.75 Å². The fourth-order valence-corrected chi connectivity index (χ4v) is 3.89. The van der Waals surface area contributed by atoms with Crippen LogP contribution < -0.4 is 10.1 Å². The van der Waals surface area contributed by atoms with Crippen LogP contribution in [-0.2, 0) is 0 Å². The summed E-state index contributed by atoms with van der Waals surface area (Å²) >= 11 is 3.78. The molecule has 0 unspecified atom stereocenters. The molecule has 1 amide bonds. The summed E-state index contributed by atoms with van der Waals surface area (Å²) in [6, 6.07) is 17.0. The lowest BCUT2D eigenvalue weighted by atomic mass is 10.2. The van der Waals surface area contributed by atoms with Gasteiger partial charge in [-0.15, -0.1) is 0 Å². The number of thioether (sulfide) groups is 1. The van der Waals surface area contributed by atoms with Gasteiger partial charge in [0.15, 0.2) is 5.17 Å². The Morgan fingerprint density at radius 3 is 2.54 bits per heavy atom. The van der Waals surface area contributed by atoms with Crippen LogP contribution in [0.15, 0.2) is 63.2 Å². The van der Waals surface area contributed by atoms with E-state index in [4.69, 9.17) is 4.74 Å². The highest BCUT2D eigenvalue weighted by Gasteiger charge is 2.19. The molecule has 1 aliphatic heterocycles. The second kappa shape index (κ2) is 7.85. The molecule has 0 radical (unpaired) electrons. The smallest absolute Gasteiger partial charge is 0.257 e. The standard InChI is InChI=1S/C18H15IN2O2S/c1-23-14-9-7-12(8-10-14)16-15(19)11-20-18(24-16)21-17(22)13-5-3-2-4-6-13/h2-10H,11H2,1H3,(H,20,21,22). The van der Waals surface area contributed by atoms with Gasteiger partial charge in [-0.25, -0.2) is 0 Å². The van der Waals surface area contributed by atoms with Crippen LogP contribution in [0.3, 0.4) is 0 Å². The predicted octanol–water partition coefficient (Wildman–Crippen LogP) is 4.33. The van der Waals surface area contributed by atoms with E-state index in [1.54, 1.807) is 19.2 Å². The maximum atomic E-state index is 12.3. The first-order valence-electron chi connectivity index (χ1n) is 7.29. The maximum Gasteiger partial charge on any atom is 0.257 e. The first kappa shape index (κ1) is 17.0. The van der Waals surface area contributed by atoms with Gasteiger partial charge in [-0.2, -0.15) is 0 Å². The van der Waals surface area contributed by atoms with Crippen molar-refractivity contribution in [2.24, 2.45) is 4.99 Å². The molecule has 0 saturated heterocycles. The summed E-state index contributed by atoms with van der Waals surface area (Å²) in [5, 5.41) is 3.51. The van der Waals surface area contributed by atoms with Gasteiger partial charge in [-0.05, 0) is 52.4 Å². The van der Waals surface area contributed by atoms with Gasteiger partial charge in [0.2, 0.25) is 0 Å². The minimum atomic E-state index is -0.146. The number of hydrogen-bond acceptors (Lipinski definition) is 4. The number of amides is 1. The largest absolute Gasteiger partial charge is 0.497 e. The quantitative estimate of drug-likeness (QED) is 0.709. The van der Waals surface area contributed by atoms with Crippen molar-refractivity contribution in [1.29, 1.82) is 0 Å². The molecule has 2 aromatic rings. The highest BCUT2D eigenvalue weighted by molar-refractivity contribution is 14.1. The van der Waals surface area contributed by atoms with E-state index in [-0.39, 0.29) is 5.91 Å². The molecule has 24 heavy (non-hydrogen) atoms. The van der Waals surface area contributed by atoms with Crippen LogP contribution in [0.2, 0.25) is 0 Å². The molecule has 4 nitrogen and oxygen atoms in total. The SMILES string of the molecule is COc1ccc(C2=C(I)CN=C(NC(=O)c3ccccc3)S2)cc1. The lowest BCUT2D eigenvalue weighted by Gasteiger charge is -2.17. The topological polar surface area (TPSA) is 50.7 Å². The Balaban J connectivity index is 1.73. The molecular formula is C18H15IN2O2S. The second-order valence-electron chi connectivity index (χ2n) is 5.01. The van der Waals surface area contributed by atoms with Crippen LogP contribution in [0.25, 0.3) is 4.91 Å². The normalized spacial score (nSPS) is 14.2. The zero-order valence-corrected chi connectivity index (χ0v) is 15.9. The Morgan fingerprint density at radius 2 is 1.88 bits per heavy atom. The van der Waals surface area contributed by atoms with E-state index in [1.165, 1.54) is 11.8 Å². The third-order valence-corrected chi connectivity index (χ3v) is 5.77. The van der Waals surface area contributed by atoms with Gasteiger partial charge in [0.1, 0.15) is 5.75 Å². The fraction of sp³-hybridized carbons (Fsp3) is 0.111. The van der Waals surface area contributed by atoms with Crippen LogP contribution in [0.4, 0.5) is 0 Å². The summed E-state index contributed by atoms with van der Waals surface area (Å²) in [5.74, 6) is 0.675. The monoisotopic (exact) mass is 450 g/mol. The predicted molar refractivity (Wildman–Crippen MR) is 108 cm³/mol. The summed E-state index contributed by atoms with van der Waals surface area (Å²) in [5.41, 5.74) is 1.71. The summed E-state index contributed by atoms with van der Waals surface area (Å²) in [7, 11) is 1.65. The number of amidine groups is 1. The van der Waals surface area contributed by atoms with Gasteiger partial charge in [-0.3, -0.25) is 9.79 Å². The number of carbonyl (C=O) groups is 1. The Kier molecular flexibility index (Phi) is 5.57. The molecule has 0 atom stereocenters. The summed E-state index contributed by atoms with van der Waals surface area (Å²) in [4.78, 5) is 17.8. The number of rotatable bonds is 3. The van der Waals surface area contributed by atoms with E-state index >= 15 is 0 Å². The number of carbonyl (C=O) groups excluding carboxylic acids is 1. The molecule has 0 fully saturated rings. The summed E-state index contributed by atoms with van der Waals surface area (Å²) < 4.78 is 6.35. The molecule has 3 rings (SSSR count). The summed E-state index contributed by atoms with van der Waals surface area (Å²) in [6.07, 6.45) is 0. The molecule has 1 aliphatic rings. The van der Waals surface area contributed by atoms with E-state index in [9.17, 15) is 4.79 Å². The first-order chi connectivity index (χ1) is 11.7. The number of hydrogen-bond donors (Lipinski definition) is 1. The van der Waals surface area contributed by atoms with Crippen LogP contribution in [0, 0.1) is 0 Å². The van der Waals surface area contributed by atoms with Crippen molar-refractivity contribution in [3.63, 3.8) is 0 Å². The lowest BCUT2D eigenvalue weighted by molar-refractivity contribution is 0.0978. The van der Waals surface area contributed by atoms with E-state index in [0.29, 0.717) is 17.3 Å². The van der Waals surface area contributed by atoms with Gasteiger partial charge in [-0.1, -0.05) is 42.1 Å². The van der Waals surface area contributed by atoms with Gasteiger partial charge in [0, 0.05) is 14.0 Å². The molecular weight excluding hydrogens is 435 g/mol. The molecule has 1 N–H and O–H groups in total. The van der Waals surface area contributed by atoms with Crippen molar-refractivity contribution in [3.05, 3.63) is 69.3 Å². The van der Waals surface area contributed by atoms with E-state index in [0.717, 1.165) is 19.8 Å². The van der Waals surface area contributed by atoms with Crippen molar-refractivity contribution in [2.45, 2.75) is 0 Å². The molecule has 1 heterocycles. The molecule has 0 bridgehead atoms. The van der Waals surface area contributed by atoms with Gasteiger partial charge >= 0.3 is 0 Å². The minimum Gasteiger partial charge on any atom is -0.497 e. The van der Waals surface area contributed by atoms with E-state index in [2.05, 4.69) is 32.9 Å². The molecule has 0 spiro atoms. The Hall–Kier alpha value is -1.80. The van der Waals surface area contributed by atoms with Gasteiger partial charge in [0.05, 0.1) is 13.7 Å². The van der Waals surface area contributed by atoms with Gasteiger partial charge in [0.25, 0.3) is 5.91 Å².